The molecule has 1 aromatic rings. The zero-order chi connectivity index (χ0) is 12.3. The fraction of sp³-hybridized carbons (Fsp3) is 0.615. The first-order valence-corrected chi connectivity index (χ1v) is 7.02. The lowest BCUT2D eigenvalue weighted by Gasteiger charge is -2.27. The summed E-state index contributed by atoms with van der Waals surface area (Å²) < 4.78 is 0. The molecule has 0 aliphatic carbocycles. The summed E-state index contributed by atoms with van der Waals surface area (Å²) in [4.78, 5) is 16.6. The third kappa shape index (κ3) is 3.97. The van der Waals surface area contributed by atoms with Gasteiger partial charge in [0.15, 0.2) is 0 Å². The van der Waals surface area contributed by atoms with Crippen LogP contribution in [0.4, 0.5) is 0 Å². The number of nitrogens with one attached hydrogen (secondary N) is 1. The molecule has 0 saturated carbocycles. The molecular formula is C13H21ClN2OS. The van der Waals surface area contributed by atoms with Crippen molar-refractivity contribution in [3.63, 3.8) is 0 Å². The van der Waals surface area contributed by atoms with Crippen LogP contribution in [-0.4, -0.2) is 30.4 Å². The van der Waals surface area contributed by atoms with Gasteiger partial charge in [0.25, 0.3) is 0 Å². The average Bonchev–Trinajstić information content (AvgIpc) is 2.75. The number of carbonyl (C=O) groups is 1. The van der Waals surface area contributed by atoms with Crippen LogP contribution < -0.4 is 5.32 Å². The number of thiophene rings is 1. The van der Waals surface area contributed by atoms with E-state index in [1.54, 1.807) is 11.3 Å². The lowest BCUT2D eigenvalue weighted by Crippen LogP contribution is -2.46. The Morgan fingerprint density at radius 1 is 1.50 bits per heavy atom. The molecule has 1 aliphatic heterocycles. The smallest absolute Gasteiger partial charge is 0.239 e. The molecule has 5 heteroatoms. The van der Waals surface area contributed by atoms with Crippen LogP contribution in [0.2, 0.25) is 0 Å². The minimum absolute atomic E-state index is 0. The number of rotatable bonds is 3. The topological polar surface area (TPSA) is 32.3 Å². The molecule has 1 aromatic heterocycles. The first-order valence-electron chi connectivity index (χ1n) is 6.20. The van der Waals surface area contributed by atoms with Gasteiger partial charge in [-0.3, -0.25) is 4.79 Å². The summed E-state index contributed by atoms with van der Waals surface area (Å²) in [6.45, 7) is 3.80. The van der Waals surface area contributed by atoms with Crippen LogP contribution in [0.3, 0.4) is 0 Å². The Kier molecular flexibility index (Phi) is 6.12. The van der Waals surface area contributed by atoms with E-state index in [2.05, 4.69) is 24.4 Å². The minimum Gasteiger partial charge on any atom is -0.339 e. The average molecular weight is 289 g/mol. The van der Waals surface area contributed by atoms with E-state index < -0.39 is 0 Å². The quantitative estimate of drug-likeness (QED) is 0.927. The van der Waals surface area contributed by atoms with Crippen molar-refractivity contribution in [1.82, 2.24) is 10.2 Å². The highest BCUT2D eigenvalue weighted by Crippen LogP contribution is 2.17. The first-order chi connectivity index (χ1) is 8.16. The highest BCUT2D eigenvalue weighted by molar-refractivity contribution is 7.11. The molecule has 1 aliphatic rings. The molecule has 3 nitrogen and oxygen atoms in total. The van der Waals surface area contributed by atoms with E-state index in [1.165, 1.54) is 16.2 Å². The normalized spacial score (nSPS) is 19.1. The summed E-state index contributed by atoms with van der Waals surface area (Å²) in [6.07, 6.45) is 3.33. The number of amides is 1. The summed E-state index contributed by atoms with van der Waals surface area (Å²) >= 11 is 1.77. The van der Waals surface area contributed by atoms with Gasteiger partial charge in [0, 0.05) is 16.8 Å². The summed E-state index contributed by atoms with van der Waals surface area (Å²) in [7, 11) is 1.90. The van der Waals surface area contributed by atoms with Gasteiger partial charge in [0.1, 0.15) is 0 Å². The molecule has 2 heterocycles. The lowest BCUT2D eigenvalue weighted by atomic mass is 10.0. The highest BCUT2D eigenvalue weighted by atomic mass is 35.5. The van der Waals surface area contributed by atoms with E-state index in [9.17, 15) is 4.79 Å². The first kappa shape index (κ1) is 15.5. The fourth-order valence-electron chi connectivity index (χ4n) is 2.21. The summed E-state index contributed by atoms with van der Waals surface area (Å²) in [5.74, 6) is 0.232. The second-order valence-corrected chi connectivity index (χ2v) is 6.08. The zero-order valence-electron chi connectivity index (χ0n) is 10.9. The van der Waals surface area contributed by atoms with E-state index >= 15 is 0 Å². The molecule has 0 bridgehead atoms. The monoisotopic (exact) mass is 288 g/mol. The number of hydrogen-bond donors (Lipinski definition) is 1. The molecule has 2 rings (SSSR count). The Balaban J connectivity index is 0.00000162. The third-order valence-corrected chi connectivity index (χ3v) is 4.16. The van der Waals surface area contributed by atoms with Gasteiger partial charge in [-0.15, -0.1) is 23.7 Å². The Bertz CT molecular complexity index is 388. The Labute approximate surface area is 119 Å². The van der Waals surface area contributed by atoms with Crippen LogP contribution in [0.15, 0.2) is 12.1 Å². The molecule has 0 spiro atoms. The van der Waals surface area contributed by atoms with Gasteiger partial charge in [-0.05, 0) is 38.4 Å². The van der Waals surface area contributed by atoms with Crippen molar-refractivity contribution in [1.29, 1.82) is 0 Å². The van der Waals surface area contributed by atoms with Crippen molar-refractivity contribution in [3.05, 3.63) is 21.9 Å². The SMILES string of the molecule is Cc1ccc(CN(C)C(=O)C2CCCCN2)s1.Cl. The Hall–Kier alpha value is -0.580. The molecule has 0 radical (unpaired) electrons. The van der Waals surface area contributed by atoms with Gasteiger partial charge in [-0.1, -0.05) is 6.42 Å². The lowest BCUT2D eigenvalue weighted by molar-refractivity contribution is -0.133. The van der Waals surface area contributed by atoms with E-state index in [4.69, 9.17) is 0 Å². The predicted octanol–water partition coefficient (Wildman–Crippen LogP) is 2.58. The van der Waals surface area contributed by atoms with Gasteiger partial charge < -0.3 is 10.2 Å². The summed E-state index contributed by atoms with van der Waals surface area (Å²) in [5.41, 5.74) is 0. The van der Waals surface area contributed by atoms with Crippen molar-refractivity contribution in [2.24, 2.45) is 0 Å². The standard InChI is InChI=1S/C13H20N2OS.ClH/c1-10-6-7-11(17-10)9-15(2)13(16)12-5-3-4-8-14-12;/h6-7,12,14H,3-5,8-9H2,1-2H3;1H. The minimum atomic E-state index is 0. The molecule has 1 atom stereocenters. The van der Waals surface area contributed by atoms with Crippen molar-refractivity contribution in [2.75, 3.05) is 13.6 Å². The van der Waals surface area contributed by atoms with Gasteiger partial charge in [-0.2, -0.15) is 0 Å². The molecule has 1 N–H and O–H groups in total. The molecule has 1 amide bonds. The van der Waals surface area contributed by atoms with Gasteiger partial charge in [0.05, 0.1) is 12.6 Å². The number of nitrogens with zero attached hydrogens (tertiary/aromatic N) is 1. The van der Waals surface area contributed by atoms with E-state index in [1.807, 2.05) is 11.9 Å². The van der Waals surface area contributed by atoms with Crippen molar-refractivity contribution < 1.29 is 4.79 Å². The molecule has 0 aromatic carbocycles. The number of carbonyl (C=O) groups excluding carboxylic acids is 1. The number of hydrogen-bond acceptors (Lipinski definition) is 3. The maximum absolute atomic E-state index is 12.2. The number of likely N-dealkylation sites (N-methyl/N-ethyl adjacent to an activating group) is 1. The number of aryl methyl sites for hydroxylation is 1. The second-order valence-electron chi connectivity index (χ2n) is 4.71. The van der Waals surface area contributed by atoms with Crippen molar-refractivity contribution in [3.8, 4) is 0 Å². The van der Waals surface area contributed by atoms with E-state index in [0.717, 1.165) is 25.9 Å². The largest absolute Gasteiger partial charge is 0.339 e. The van der Waals surface area contributed by atoms with Crippen molar-refractivity contribution >= 4 is 29.7 Å². The van der Waals surface area contributed by atoms with Crippen molar-refractivity contribution in [2.45, 2.75) is 38.8 Å². The third-order valence-electron chi connectivity index (χ3n) is 3.17. The zero-order valence-corrected chi connectivity index (χ0v) is 12.6. The molecule has 18 heavy (non-hydrogen) atoms. The van der Waals surface area contributed by atoms with Crippen LogP contribution in [0.25, 0.3) is 0 Å². The van der Waals surface area contributed by atoms with Crippen LogP contribution in [0.1, 0.15) is 29.0 Å². The van der Waals surface area contributed by atoms with Gasteiger partial charge >= 0.3 is 0 Å². The Morgan fingerprint density at radius 2 is 2.28 bits per heavy atom. The van der Waals surface area contributed by atoms with Gasteiger partial charge in [-0.25, -0.2) is 0 Å². The predicted molar refractivity (Wildman–Crippen MR) is 78.4 cm³/mol. The second kappa shape index (κ2) is 7.12. The molecule has 1 fully saturated rings. The highest BCUT2D eigenvalue weighted by Gasteiger charge is 2.23. The maximum atomic E-state index is 12.2. The fourth-order valence-corrected chi connectivity index (χ4v) is 3.15. The molecule has 102 valence electrons. The van der Waals surface area contributed by atoms with Crippen LogP contribution >= 0.6 is 23.7 Å². The summed E-state index contributed by atoms with van der Waals surface area (Å²) in [5, 5.41) is 3.30. The molecule has 1 unspecified atom stereocenters. The van der Waals surface area contributed by atoms with E-state index in [0.29, 0.717) is 0 Å². The summed E-state index contributed by atoms with van der Waals surface area (Å²) in [6, 6.07) is 4.25. The molecular weight excluding hydrogens is 268 g/mol. The van der Waals surface area contributed by atoms with E-state index in [-0.39, 0.29) is 24.4 Å². The molecule has 1 saturated heterocycles. The number of halogens is 1. The van der Waals surface area contributed by atoms with Crippen LogP contribution in [0, 0.1) is 6.92 Å². The van der Waals surface area contributed by atoms with Crippen LogP contribution in [0.5, 0.6) is 0 Å². The van der Waals surface area contributed by atoms with Gasteiger partial charge in [0.2, 0.25) is 5.91 Å². The number of piperidine rings is 1. The Morgan fingerprint density at radius 3 is 2.83 bits per heavy atom. The maximum Gasteiger partial charge on any atom is 0.239 e. The van der Waals surface area contributed by atoms with Crippen LogP contribution in [-0.2, 0) is 11.3 Å².